The molecule has 0 spiro atoms. The molecule has 2 aromatic rings. The van der Waals surface area contributed by atoms with Gasteiger partial charge in [0.15, 0.2) is 0 Å². The van der Waals surface area contributed by atoms with E-state index >= 15 is 0 Å². The summed E-state index contributed by atoms with van der Waals surface area (Å²) in [6.07, 6.45) is 1.45. The van der Waals surface area contributed by atoms with Crippen molar-refractivity contribution in [2.24, 2.45) is 0 Å². The van der Waals surface area contributed by atoms with Gasteiger partial charge in [-0.2, -0.15) is 5.26 Å². The fourth-order valence-electron chi connectivity index (χ4n) is 2.85. The molecule has 1 fully saturated rings. The van der Waals surface area contributed by atoms with Crippen molar-refractivity contribution in [3.8, 4) is 6.07 Å². The molecule has 1 amide bonds. The fraction of sp³-hybridized carbons (Fsp3) is 0.238. The molecule has 0 radical (unpaired) electrons. The van der Waals surface area contributed by atoms with Crippen molar-refractivity contribution in [3.63, 3.8) is 0 Å². The number of aryl methyl sites for hydroxylation is 1. The van der Waals surface area contributed by atoms with E-state index in [0.29, 0.717) is 30.0 Å². The molecule has 2 aromatic carbocycles. The van der Waals surface area contributed by atoms with E-state index in [2.05, 4.69) is 10.2 Å². The average Bonchev–Trinajstić information content (AvgIpc) is 2.70. The van der Waals surface area contributed by atoms with Crippen LogP contribution < -0.4 is 10.2 Å². The maximum absolute atomic E-state index is 13.4. The molecule has 5 nitrogen and oxygen atoms in total. The van der Waals surface area contributed by atoms with Gasteiger partial charge in [-0.25, -0.2) is 4.39 Å². The Bertz CT molecular complexity index is 895. The highest BCUT2D eigenvalue weighted by atomic mass is 19.1. The van der Waals surface area contributed by atoms with E-state index in [-0.39, 0.29) is 11.4 Å². The molecule has 0 aliphatic carbocycles. The van der Waals surface area contributed by atoms with E-state index in [9.17, 15) is 14.4 Å². The van der Waals surface area contributed by atoms with Crippen LogP contribution in [0.25, 0.3) is 6.08 Å². The van der Waals surface area contributed by atoms with Gasteiger partial charge in [0, 0.05) is 24.5 Å². The quantitative estimate of drug-likeness (QED) is 0.665. The fourth-order valence-corrected chi connectivity index (χ4v) is 2.85. The Hall–Kier alpha value is -3.17. The van der Waals surface area contributed by atoms with Crippen LogP contribution in [-0.2, 0) is 9.53 Å². The summed E-state index contributed by atoms with van der Waals surface area (Å²) in [5, 5.41) is 12.0. The molecular weight excluding hydrogens is 345 g/mol. The highest BCUT2D eigenvalue weighted by molar-refractivity contribution is 6.09. The van der Waals surface area contributed by atoms with Crippen molar-refractivity contribution in [2.75, 3.05) is 36.5 Å². The Balaban J connectivity index is 1.70. The van der Waals surface area contributed by atoms with Crippen molar-refractivity contribution in [3.05, 3.63) is 65.0 Å². The van der Waals surface area contributed by atoms with Crippen LogP contribution in [-0.4, -0.2) is 32.2 Å². The lowest BCUT2D eigenvalue weighted by Crippen LogP contribution is -2.36. The highest BCUT2D eigenvalue weighted by Gasteiger charge is 2.13. The van der Waals surface area contributed by atoms with Gasteiger partial charge >= 0.3 is 0 Å². The van der Waals surface area contributed by atoms with Crippen LogP contribution in [0.4, 0.5) is 15.8 Å². The first-order chi connectivity index (χ1) is 13.1. The summed E-state index contributed by atoms with van der Waals surface area (Å²) >= 11 is 0. The molecule has 6 heteroatoms. The lowest BCUT2D eigenvalue weighted by atomic mass is 10.1. The first-order valence-electron chi connectivity index (χ1n) is 8.69. The number of halogens is 1. The second kappa shape index (κ2) is 8.47. The highest BCUT2D eigenvalue weighted by Crippen LogP contribution is 2.20. The molecule has 3 rings (SSSR count). The predicted octanol–water partition coefficient (Wildman–Crippen LogP) is 3.52. The van der Waals surface area contributed by atoms with Crippen molar-refractivity contribution < 1.29 is 13.9 Å². The molecule has 1 aliphatic rings. The van der Waals surface area contributed by atoms with Crippen molar-refractivity contribution in [1.29, 1.82) is 5.26 Å². The maximum Gasteiger partial charge on any atom is 0.266 e. The zero-order valence-corrected chi connectivity index (χ0v) is 15.0. The normalized spacial score (nSPS) is 14.6. The zero-order valence-electron chi connectivity index (χ0n) is 15.0. The molecular formula is C21H20FN3O2. The van der Waals surface area contributed by atoms with Crippen molar-refractivity contribution in [2.45, 2.75) is 6.92 Å². The number of morpholine rings is 1. The molecule has 0 saturated carbocycles. The van der Waals surface area contributed by atoms with Crippen LogP contribution in [0, 0.1) is 24.1 Å². The predicted molar refractivity (Wildman–Crippen MR) is 103 cm³/mol. The minimum absolute atomic E-state index is 0.0433. The molecule has 1 heterocycles. The number of benzene rings is 2. The number of hydrogen-bond donors (Lipinski definition) is 1. The summed E-state index contributed by atoms with van der Waals surface area (Å²) in [7, 11) is 0. The van der Waals surface area contributed by atoms with Crippen LogP contribution in [0.2, 0.25) is 0 Å². The molecule has 27 heavy (non-hydrogen) atoms. The van der Waals surface area contributed by atoms with E-state index in [1.54, 1.807) is 25.1 Å². The summed E-state index contributed by atoms with van der Waals surface area (Å²) < 4.78 is 18.7. The summed E-state index contributed by atoms with van der Waals surface area (Å²) in [6.45, 7) is 4.72. The first-order valence-corrected chi connectivity index (χ1v) is 8.69. The van der Waals surface area contributed by atoms with Crippen LogP contribution in [0.5, 0.6) is 0 Å². The van der Waals surface area contributed by atoms with Crippen molar-refractivity contribution in [1.82, 2.24) is 0 Å². The Labute approximate surface area is 157 Å². The lowest BCUT2D eigenvalue weighted by molar-refractivity contribution is -0.112. The molecule has 0 bridgehead atoms. The number of nitriles is 1. The third-order valence-corrected chi connectivity index (χ3v) is 4.36. The third-order valence-electron chi connectivity index (χ3n) is 4.36. The van der Waals surface area contributed by atoms with E-state index < -0.39 is 5.91 Å². The Morgan fingerprint density at radius 2 is 1.93 bits per heavy atom. The maximum atomic E-state index is 13.4. The minimum atomic E-state index is -0.501. The second-order valence-electron chi connectivity index (χ2n) is 6.28. The Kier molecular flexibility index (Phi) is 5.84. The van der Waals surface area contributed by atoms with Gasteiger partial charge in [0.1, 0.15) is 17.5 Å². The van der Waals surface area contributed by atoms with Crippen molar-refractivity contribution >= 4 is 23.4 Å². The van der Waals surface area contributed by atoms with E-state index in [1.807, 2.05) is 18.2 Å². The summed E-state index contributed by atoms with van der Waals surface area (Å²) in [5.74, 6) is -0.825. The second-order valence-corrected chi connectivity index (χ2v) is 6.28. The first kappa shape index (κ1) is 18.6. The molecule has 0 unspecified atom stereocenters. The summed E-state index contributed by atoms with van der Waals surface area (Å²) in [5.41, 5.74) is 2.68. The molecule has 0 atom stereocenters. The Morgan fingerprint density at radius 1 is 1.22 bits per heavy atom. The third kappa shape index (κ3) is 4.72. The van der Waals surface area contributed by atoms with Gasteiger partial charge < -0.3 is 15.0 Å². The molecule has 1 N–H and O–H groups in total. The standard InChI is InChI=1S/C21H20FN3O2/c1-15-12-16(2-7-20(15)22)13-17(14-23)21(26)24-18-3-5-19(6-4-18)25-8-10-27-11-9-25/h2-7,12-13H,8-11H2,1H3,(H,24,26)/b17-13-. The van der Waals surface area contributed by atoms with Crippen LogP contribution in [0.1, 0.15) is 11.1 Å². The number of anilines is 2. The van der Waals surface area contributed by atoms with Gasteiger partial charge in [0.2, 0.25) is 0 Å². The molecule has 1 saturated heterocycles. The van der Waals surface area contributed by atoms with Crippen LogP contribution >= 0.6 is 0 Å². The number of hydrogen-bond acceptors (Lipinski definition) is 4. The van der Waals surface area contributed by atoms with Gasteiger partial charge in [-0.15, -0.1) is 0 Å². The number of nitrogens with zero attached hydrogens (tertiary/aromatic N) is 2. The van der Waals surface area contributed by atoms with Gasteiger partial charge in [-0.3, -0.25) is 4.79 Å². The zero-order chi connectivity index (χ0) is 19.2. The Morgan fingerprint density at radius 3 is 2.56 bits per heavy atom. The topological polar surface area (TPSA) is 65.4 Å². The van der Waals surface area contributed by atoms with Gasteiger partial charge in [0.25, 0.3) is 5.91 Å². The number of ether oxygens (including phenoxy) is 1. The van der Waals surface area contributed by atoms with Crippen LogP contribution in [0.15, 0.2) is 48.0 Å². The summed E-state index contributed by atoms with van der Waals surface area (Å²) in [6, 6.07) is 13.8. The monoisotopic (exact) mass is 365 g/mol. The molecule has 0 aromatic heterocycles. The van der Waals surface area contributed by atoms with Gasteiger partial charge in [-0.1, -0.05) is 6.07 Å². The number of rotatable bonds is 4. The average molecular weight is 365 g/mol. The number of carbonyl (C=O) groups excluding carboxylic acids is 1. The van der Waals surface area contributed by atoms with Gasteiger partial charge in [-0.05, 0) is 60.5 Å². The largest absolute Gasteiger partial charge is 0.378 e. The summed E-state index contributed by atoms with van der Waals surface area (Å²) in [4.78, 5) is 14.6. The number of amides is 1. The number of nitrogens with one attached hydrogen (secondary N) is 1. The minimum Gasteiger partial charge on any atom is -0.378 e. The lowest BCUT2D eigenvalue weighted by Gasteiger charge is -2.28. The van der Waals surface area contributed by atoms with E-state index in [0.717, 1.165) is 18.8 Å². The van der Waals surface area contributed by atoms with Crippen LogP contribution in [0.3, 0.4) is 0 Å². The van der Waals surface area contributed by atoms with Gasteiger partial charge in [0.05, 0.1) is 13.2 Å². The smallest absolute Gasteiger partial charge is 0.266 e. The SMILES string of the molecule is Cc1cc(/C=C(/C#N)C(=O)Nc2ccc(N3CCOCC3)cc2)ccc1F. The van der Waals surface area contributed by atoms with E-state index in [4.69, 9.17) is 4.74 Å². The van der Waals surface area contributed by atoms with E-state index in [1.165, 1.54) is 18.2 Å². The molecule has 138 valence electrons. The molecule has 1 aliphatic heterocycles. The number of carbonyl (C=O) groups is 1.